The molecule has 0 aliphatic carbocycles. The molecule has 94 valence electrons. The number of ether oxygens (including phenoxy) is 1. The van der Waals surface area contributed by atoms with Gasteiger partial charge in [-0.1, -0.05) is 6.07 Å². The first-order chi connectivity index (χ1) is 8.08. The van der Waals surface area contributed by atoms with Crippen molar-refractivity contribution < 1.29 is 9.53 Å². The summed E-state index contributed by atoms with van der Waals surface area (Å²) in [5.41, 5.74) is 0.766. The zero-order valence-corrected chi connectivity index (χ0v) is 10.7. The Bertz CT molecular complexity index is 364. The lowest BCUT2D eigenvalue weighted by molar-refractivity contribution is -0.114. The van der Waals surface area contributed by atoms with Gasteiger partial charge in [0.15, 0.2) is 0 Å². The van der Waals surface area contributed by atoms with Crippen molar-refractivity contribution >= 4 is 11.6 Å². The largest absolute Gasteiger partial charge is 0.493 e. The van der Waals surface area contributed by atoms with Gasteiger partial charge in [0.2, 0.25) is 5.91 Å². The van der Waals surface area contributed by atoms with Crippen LogP contribution < -0.4 is 10.1 Å². The molecule has 17 heavy (non-hydrogen) atoms. The fourth-order valence-electron chi connectivity index (χ4n) is 1.44. The smallest absolute Gasteiger partial charge is 0.221 e. The van der Waals surface area contributed by atoms with Crippen LogP contribution in [0.1, 0.15) is 13.3 Å². The lowest BCUT2D eigenvalue weighted by Gasteiger charge is -2.11. The van der Waals surface area contributed by atoms with Crippen molar-refractivity contribution in [3.8, 4) is 5.75 Å². The zero-order valence-electron chi connectivity index (χ0n) is 10.7. The van der Waals surface area contributed by atoms with Crippen LogP contribution in [0.15, 0.2) is 24.3 Å². The Balaban J connectivity index is 2.40. The minimum absolute atomic E-state index is 0.0743. The number of hydrogen-bond donors (Lipinski definition) is 1. The number of anilines is 1. The molecule has 0 radical (unpaired) electrons. The lowest BCUT2D eigenvalue weighted by Crippen LogP contribution is -2.15. The van der Waals surface area contributed by atoms with E-state index in [1.54, 1.807) is 0 Å². The highest BCUT2D eigenvalue weighted by Crippen LogP contribution is 2.17. The van der Waals surface area contributed by atoms with Crippen LogP contribution in [0.25, 0.3) is 0 Å². The van der Waals surface area contributed by atoms with E-state index in [-0.39, 0.29) is 5.91 Å². The molecule has 0 spiro atoms. The van der Waals surface area contributed by atoms with E-state index in [1.807, 2.05) is 38.4 Å². The van der Waals surface area contributed by atoms with Crippen LogP contribution >= 0.6 is 0 Å². The Morgan fingerprint density at radius 3 is 2.82 bits per heavy atom. The summed E-state index contributed by atoms with van der Waals surface area (Å²) < 4.78 is 5.60. The fraction of sp³-hybridized carbons (Fsp3) is 0.462. The molecular formula is C13H20N2O2. The number of hydrogen-bond acceptors (Lipinski definition) is 3. The molecule has 1 N–H and O–H groups in total. The average molecular weight is 236 g/mol. The summed E-state index contributed by atoms with van der Waals surface area (Å²) in [7, 11) is 4.08. The molecule has 0 heterocycles. The van der Waals surface area contributed by atoms with Gasteiger partial charge in [0.1, 0.15) is 5.75 Å². The minimum Gasteiger partial charge on any atom is -0.493 e. The number of amides is 1. The highest BCUT2D eigenvalue weighted by atomic mass is 16.5. The van der Waals surface area contributed by atoms with Crippen LogP contribution in [0.5, 0.6) is 5.75 Å². The SMILES string of the molecule is CC(=O)Nc1cccc(OCCCN(C)C)c1. The molecule has 1 amide bonds. The number of carbonyl (C=O) groups excluding carboxylic acids is 1. The summed E-state index contributed by atoms with van der Waals surface area (Å²) >= 11 is 0. The molecule has 1 aromatic rings. The first kappa shape index (κ1) is 13.5. The van der Waals surface area contributed by atoms with E-state index in [9.17, 15) is 4.79 Å². The predicted octanol–water partition coefficient (Wildman–Crippen LogP) is 1.98. The van der Waals surface area contributed by atoms with Crippen LogP contribution in [0.4, 0.5) is 5.69 Å². The standard InChI is InChI=1S/C13H20N2O2/c1-11(16)14-12-6-4-7-13(10-12)17-9-5-8-15(2)3/h4,6-7,10H,5,8-9H2,1-3H3,(H,14,16). The van der Waals surface area contributed by atoms with Crippen LogP contribution in [-0.4, -0.2) is 38.1 Å². The van der Waals surface area contributed by atoms with E-state index in [2.05, 4.69) is 10.2 Å². The summed E-state index contributed by atoms with van der Waals surface area (Å²) in [5.74, 6) is 0.713. The third kappa shape index (κ3) is 5.92. The Labute approximate surface area is 103 Å². The molecule has 0 saturated carbocycles. The molecule has 0 aliphatic heterocycles. The summed E-state index contributed by atoms with van der Waals surface area (Å²) in [6.45, 7) is 3.18. The molecule has 1 aromatic carbocycles. The van der Waals surface area contributed by atoms with Crippen molar-refractivity contribution in [2.45, 2.75) is 13.3 Å². The van der Waals surface area contributed by atoms with Crippen LogP contribution in [0.3, 0.4) is 0 Å². The van der Waals surface area contributed by atoms with Gasteiger partial charge in [0, 0.05) is 25.2 Å². The predicted molar refractivity (Wildman–Crippen MR) is 69.4 cm³/mol. The Hall–Kier alpha value is -1.55. The Kier molecular flexibility index (Phi) is 5.49. The molecule has 0 unspecified atom stereocenters. The molecule has 4 heteroatoms. The Morgan fingerprint density at radius 2 is 2.18 bits per heavy atom. The van der Waals surface area contributed by atoms with E-state index in [0.29, 0.717) is 6.61 Å². The fourth-order valence-corrected chi connectivity index (χ4v) is 1.44. The minimum atomic E-state index is -0.0743. The quantitative estimate of drug-likeness (QED) is 0.768. The highest BCUT2D eigenvalue weighted by Gasteiger charge is 1.98. The first-order valence-corrected chi connectivity index (χ1v) is 5.73. The van der Waals surface area contributed by atoms with Crippen LogP contribution in [0.2, 0.25) is 0 Å². The number of benzene rings is 1. The van der Waals surface area contributed by atoms with Crippen LogP contribution in [0, 0.1) is 0 Å². The second-order valence-corrected chi connectivity index (χ2v) is 4.21. The van der Waals surface area contributed by atoms with Gasteiger partial charge < -0.3 is 15.0 Å². The second-order valence-electron chi connectivity index (χ2n) is 4.21. The summed E-state index contributed by atoms with van der Waals surface area (Å²) in [4.78, 5) is 13.0. The van der Waals surface area contributed by atoms with Gasteiger partial charge >= 0.3 is 0 Å². The van der Waals surface area contributed by atoms with Gasteiger partial charge in [-0.3, -0.25) is 4.79 Å². The maximum atomic E-state index is 10.9. The summed E-state index contributed by atoms with van der Waals surface area (Å²) in [6, 6.07) is 7.43. The van der Waals surface area contributed by atoms with Gasteiger partial charge in [-0.2, -0.15) is 0 Å². The molecule has 0 aromatic heterocycles. The third-order valence-corrected chi connectivity index (χ3v) is 2.17. The third-order valence-electron chi connectivity index (χ3n) is 2.17. The molecule has 0 aliphatic rings. The van der Waals surface area contributed by atoms with Gasteiger partial charge in [-0.15, -0.1) is 0 Å². The number of nitrogens with one attached hydrogen (secondary N) is 1. The van der Waals surface area contributed by atoms with Gasteiger partial charge in [-0.05, 0) is 32.6 Å². The summed E-state index contributed by atoms with van der Waals surface area (Å²) in [6.07, 6.45) is 0.983. The normalized spacial score (nSPS) is 10.4. The van der Waals surface area contributed by atoms with Crippen molar-refractivity contribution in [1.82, 2.24) is 4.90 Å². The number of nitrogens with zero attached hydrogens (tertiary/aromatic N) is 1. The van der Waals surface area contributed by atoms with Crippen LogP contribution in [-0.2, 0) is 4.79 Å². The zero-order chi connectivity index (χ0) is 12.7. The number of carbonyl (C=O) groups is 1. The summed E-state index contributed by atoms with van der Waals surface area (Å²) in [5, 5.41) is 2.73. The monoisotopic (exact) mass is 236 g/mol. The average Bonchev–Trinajstić information content (AvgIpc) is 2.24. The topological polar surface area (TPSA) is 41.6 Å². The molecule has 0 saturated heterocycles. The van der Waals surface area contributed by atoms with Gasteiger partial charge in [0.05, 0.1) is 6.61 Å². The van der Waals surface area contributed by atoms with Crippen molar-refractivity contribution in [2.24, 2.45) is 0 Å². The molecule has 4 nitrogen and oxygen atoms in total. The van der Waals surface area contributed by atoms with E-state index in [0.717, 1.165) is 24.4 Å². The Morgan fingerprint density at radius 1 is 1.41 bits per heavy atom. The van der Waals surface area contributed by atoms with E-state index >= 15 is 0 Å². The van der Waals surface area contributed by atoms with Crippen molar-refractivity contribution in [1.29, 1.82) is 0 Å². The lowest BCUT2D eigenvalue weighted by atomic mass is 10.3. The molecule has 1 rings (SSSR count). The van der Waals surface area contributed by atoms with E-state index in [4.69, 9.17) is 4.74 Å². The maximum absolute atomic E-state index is 10.9. The maximum Gasteiger partial charge on any atom is 0.221 e. The van der Waals surface area contributed by atoms with Crippen molar-refractivity contribution in [3.63, 3.8) is 0 Å². The number of rotatable bonds is 6. The first-order valence-electron chi connectivity index (χ1n) is 5.73. The van der Waals surface area contributed by atoms with E-state index in [1.165, 1.54) is 6.92 Å². The molecule has 0 atom stereocenters. The molecule has 0 bridgehead atoms. The highest BCUT2D eigenvalue weighted by molar-refractivity contribution is 5.88. The second kappa shape index (κ2) is 6.91. The van der Waals surface area contributed by atoms with Gasteiger partial charge in [-0.25, -0.2) is 0 Å². The molecule has 0 fully saturated rings. The van der Waals surface area contributed by atoms with E-state index < -0.39 is 0 Å². The van der Waals surface area contributed by atoms with Crippen molar-refractivity contribution in [2.75, 3.05) is 32.6 Å². The molecular weight excluding hydrogens is 216 g/mol. The van der Waals surface area contributed by atoms with Gasteiger partial charge in [0.25, 0.3) is 0 Å². The van der Waals surface area contributed by atoms with Crippen molar-refractivity contribution in [3.05, 3.63) is 24.3 Å².